The smallest absolute Gasteiger partial charge is 0.339 e. The molecule has 3 rings (SSSR count). The first-order valence-corrected chi connectivity index (χ1v) is 9.05. The Labute approximate surface area is 176 Å². The van der Waals surface area contributed by atoms with Gasteiger partial charge in [-0.15, -0.1) is 0 Å². The van der Waals surface area contributed by atoms with Crippen LogP contribution in [0.5, 0.6) is 5.75 Å². The van der Waals surface area contributed by atoms with E-state index in [0.717, 1.165) is 0 Å². The molecule has 1 aliphatic rings. The number of carbonyl (C=O) groups is 4. The third-order valence-corrected chi connectivity index (χ3v) is 4.52. The number of esters is 2. The Morgan fingerprint density at radius 3 is 2.53 bits per heavy atom. The van der Waals surface area contributed by atoms with Crippen molar-refractivity contribution in [3.63, 3.8) is 0 Å². The monoisotopic (exact) mass is 432 g/mol. The molecule has 2 aromatic carbocycles. The van der Waals surface area contributed by atoms with Crippen molar-refractivity contribution >= 4 is 46.7 Å². The molecule has 0 aliphatic carbocycles. The highest BCUT2D eigenvalue weighted by Crippen LogP contribution is 2.34. The summed E-state index contributed by atoms with van der Waals surface area (Å²) >= 11 is 6.00. The van der Waals surface area contributed by atoms with Crippen molar-refractivity contribution in [2.75, 3.05) is 37.6 Å². The minimum Gasteiger partial charge on any atom is -0.482 e. The number of benzene rings is 2. The maximum atomic E-state index is 12.7. The fraction of sp³-hybridized carbons (Fsp3) is 0.200. The van der Waals surface area contributed by atoms with Gasteiger partial charge in [0.05, 0.1) is 36.7 Å². The molecular weight excluding hydrogens is 416 g/mol. The van der Waals surface area contributed by atoms with E-state index in [1.165, 1.54) is 43.4 Å². The van der Waals surface area contributed by atoms with Crippen LogP contribution in [0.1, 0.15) is 20.7 Å². The molecule has 0 unspecified atom stereocenters. The molecule has 1 heterocycles. The second kappa shape index (κ2) is 8.83. The lowest BCUT2D eigenvalue weighted by Crippen LogP contribution is -2.43. The number of amides is 2. The van der Waals surface area contributed by atoms with Crippen LogP contribution in [0.15, 0.2) is 36.4 Å². The van der Waals surface area contributed by atoms with E-state index in [2.05, 4.69) is 10.1 Å². The molecule has 0 aromatic heterocycles. The molecule has 0 bridgehead atoms. The standard InChI is InChI=1S/C20H17ClN2O7/c1-28-19(26)11-3-5-13(20(27)29-2)14(7-11)22-17(24)9-23-15-8-12(21)4-6-16(15)30-10-18(23)25/h3-8H,9-10H2,1-2H3,(H,22,24). The Balaban J connectivity index is 1.87. The molecule has 0 spiro atoms. The average Bonchev–Trinajstić information content (AvgIpc) is 2.74. The van der Waals surface area contributed by atoms with Crippen LogP contribution in [0, 0.1) is 0 Å². The van der Waals surface area contributed by atoms with Crippen LogP contribution >= 0.6 is 11.6 Å². The molecule has 0 saturated carbocycles. The topological polar surface area (TPSA) is 111 Å². The van der Waals surface area contributed by atoms with Crippen molar-refractivity contribution in [3.05, 3.63) is 52.5 Å². The number of fused-ring (bicyclic) bond motifs is 1. The van der Waals surface area contributed by atoms with Crippen molar-refractivity contribution in [1.29, 1.82) is 0 Å². The Morgan fingerprint density at radius 2 is 1.83 bits per heavy atom. The van der Waals surface area contributed by atoms with E-state index in [4.69, 9.17) is 21.1 Å². The minimum atomic E-state index is -0.707. The number of nitrogens with zero attached hydrogens (tertiary/aromatic N) is 1. The first-order chi connectivity index (χ1) is 14.3. The summed E-state index contributed by atoms with van der Waals surface area (Å²) in [5.74, 6) is -1.98. The lowest BCUT2D eigenvalue weighted by atomic mass is 10.1. The molecule has 0 radical (unpaired) electrons. The molecule has 0 saturated heterocycles. The summed E-state index contributed by atoms with van der Waals surface area (Å²) in [7, 11) is 2.40. The predicted octanol–water partition coefficient (Wildman–Crippen LogP) is 2.28. The summed E-state index contributed by atoms with van der Waals surface area (Å²) in [6, 6.07) is 8.72. The summed E-state index contributed by atoms with van der Waals surface area (Å²) in [4.78, 5) is 50.0. The summed E-state index contributed by atoms with van der Waals surface area (Å²) in [6.45, 7) is -0.592. The number of rotatable bonds is 5. The number of anilines is 2. The molecular formula is C20H17ClN2O7. The van der Waals surface area contributed by atoms with Gasteiger partial charge in [0.25, 0.3) is 5.91 Å². The number of nitrogens with one attached hydrogen (secondary N) is 1. The Kier molecular flexibility index (Phi) is 6.22. The van der Waals surface area contributed by atoms with Crippen molar-refractivity contribution in [2.45, 2.75) is 0 Å². The van der Waals surface area contributed by atoms with Crippen LogP contribution in [0.2, 0.25) is 5.02 Å². The van der Waals surface area contributed by atoms with E-state index in [9.17, 15) is 19.2 Å². The fourth-order valence-corrected chi connectivity index (χ4v) is 3.03. The van der Waals surface area contributed by atoms with E-state index in [-0.39, 0.29) is 30.0 Å². The number of ether oxygens (including phenoxy) is 3. The Hall–Kier alpha value is -3.59. The Bertz CT molecular complexity index is 1040. The maximum absolute atomic E-state index is 12.7. The van der Waals surface area contributed by atoms with Gasteiger partial charge < -0.3 is 19.5 Å². The number of methoxy groups -OCH3 is 2. The second-order valence-corrected chi connectivity index (χ2v) is 6.61. The van der Waals surface area contributed by atoms with Gasteiger partial charge in [-0.25, -0.2) is 9.59 Å². The SMILES string of the molecule is COC(=O)c1ccc(C(=O)OC)c(NC(=O)CN2C(=O)COc3ccc(Cl)cc32)c1. The number of carbonyl (C=O) groups excluding carboxylic acids is 4. The molecule has 30 heavy (non-hydrogen) atoms. The van der Waals surface area contributed by atoms with Gasteiger partial charge in [0.1, 0.15) is 12.3 Å². The van der Waals surface area contributed by atoms with Crippen LogP contribution in [0.25, 0.3) is 0 Å². The zero-order chi connectivity index (χ0) is 21.8. The fourth-order valence-electron chi connectivity index (χ4n) is 2.86. The van der Waals surface area contributed by atoms with Crippen molar-refractivity contribution in [3.8, 4) is 5.75 Å². The maximum Gasteiger partial charge on any atom is 0.339 e. The Morgan fingerprint density at radius 1 is 1.10 bits per heavy atom. The van der Waals surface area contributed by atoms with Crippen LogP contribution in [-0.2, 0) is 19.1 Å². The molecule has 0 fully saturated rings. The third-order valence-electron chi connectivity index (χ3n) is 4.29. The van der Waals surface area contributed by atoms with Gasteiger partial charge in [-0.2, -0.15) is 0 Å². The summed E-state index contributed by atoms with van der Waals surface area (Å²) < 4.78 is 14.7. The van der Waals surface area contributed by atoms with E-state index in [1.54, 1.807) is 12.1 Å². The van der Waals surface area contributed by atoms with Crippen molar-refractivity contribution < 1.29 is 33.4 Å². The van der Waals surface area contributed by atoms with Crippen LogP contribution < -0.4 is 15.0 Å². The van der Waals surface area contributed by atoms with Gasteiger partial charge in [0, 0.05) is 5.02 Å². The highest BCUT2D eigenvalue weighted by Gasteiger charge is 2.28. The minimum absolute atomic E-state index is 0.0373. The molecule has 2 aromatic rings. The number of hydrogen-bond acceptors (Lipinski definition) is 7. The molecule has 1 aliphatic heterocycles. The van der Waals surface area contributed by atoms with Gasteiger partial charge in [-0.1, -0.05) is 11.6 Å². The van der Waals surface area contributed by atoms with E-state index >= 15 is 0 Å². The molecule has 1 N–H and O–H groups in total. The predicted molar refractivity (Wildman–Crippen MR) is 107 cm³/mol. The van der Waals surface area contributed by atoms with Crippen LogP contribution in [0.4, 0.5) is 11.4 Å². The zero-order valence-corrected chi connectivity index (χ0v) is 16.8. The molecule has 156 valence electrons. The highest BCUT2D eigenvalue weighted by molar-refractivity contribution is 6.31. The average molecular weight is 433 g/mol. The first-order valence-electron chi connectivity index (χ1n) is 8.67. The van der Waals surface area contributed by atoms with Gasteiger partial charge >= 0.3 is 11.9 Å². The molecule has 0 atom stereocenters. The van der Waals surface area contributed by atoms with Gasteiger partial charge in [0.2, 0.25) is 5.91 Å². The molecule has 2 amide bonds. The van der Waals surface area contributed by atoms with Gasteiger partial charge in [0.15, 0.2) is 6.61 Å². The van der Waals surface area contributed by atoms with Gasteiger partial charge in [-0.3, -0.25) is 14.5 Å². The van der Waals surface area contributed by atoms with Crippen molar-refractivity contribution in [2.24, 2.45) is 0 Å². The van der Waals surface area contributed by atoms with E-state index in [1.807, 2.05) is 0 Å². The quantitative estimate of drug-likeness (QED) is 0.721. The normalized spacial score (nSPS) is 12.5. The molecule has 9 nitrogen and oxygen atoms in total. The second-order valence-electron chi connectivity index (χ2n) is 6.17. The lowest BCUT2D eigenvalue weighted by Gasteiger charge is -2.29. The summed E-state index contributed by atoms with van der Waals surface area (Å²) in [6.07, 6.45) is 0. The summed E-state index contributed by atoms with van der Waals surface area (Å²) in [5, 5.41) is 2.91. The highest BCUT2D eigenvalue weighted by atomic mass is 35.5. The largest absolute Gasteiger partial charge is 0.482 e. The number of halogens is 1. The summed E-state index contributed by atoms with van der Waals surface area (Å²) in [5.41, 5.74) is 0.558. The third kappa shape index (κ3) is 4.36. The number of hydrogen-bond donors (Lipinski definition) is 1. The molecule has 10 heteroatoms. The van der Waals surface area contributed by atoms with Gasteiger partial charge in [-0.05, 0) is 36.4 Å². The van der Waals surface area contributed by atoms with Crippen LogP contribution in [-0.4, -0.2) is 51.1 Å². The van der Waals surface area contributed by atoms with Crippen molar-refractivity contribution in [1.82, 2.24) is 0 Å². The van der Waals surface area contributed by atoms with E-state index in [0.29, 0.717) is 16.5 Å². The van der Waals surface area contributed by atoms with E-state index < -0.39 is 23.8 Å². The first kappa shape index (κ1) is 21.1. The zero-order valence-electron chi connectivity index (χ0n) is 16.1. The van der Waals surface area contributed by atoms with Crippen LogP contribution in [0.3, 0.4) is 0 Å². The lowest BCUT2D eigenvalue weighted by molar-refractivity contribution is -0.123.